The van der Waals surface area contributed by atoms with Gasteiger partial charge in [-0.3, -0.25) is 14.4 Å². The molecule has 8 heteroatoms. The molecule has 3 aromatic rings. The third kappa shape index (κ3) is 4.61. The third-order valence-electron chi connectivity index (χ3n) is 7.55. The minimum atomic E-state index is -0.298. The van der Waals surface area contributed by atoms with Gasteiger partial charge in [-0.15, -0.1) is 0 Å². The van der Waals surface area contributed by atoms with Crippen molar-refractivity contribution in [3.8, 4) is 22.6 Å². The molecule has 0 atom stereocenters. The van der Waals surface area contributed by atoms with Gasteiger partial charge >= 0.3 is 0 Å². The predicted molar refractivity (Wildman–Crippen MR) is 138 cm³/mol. The van der Waals surface area contributed by atoms with Crippen LogP contribution in [-0.4, -0.2) is 77.9 Å². The zero-order chi connectivity index (χ0) is 24.6. The lowest BCUT2D eigenvalue weighted by Gasteiger charge is -2.38. The number of benzene rings is 2. The zero-order valence-corrected chi connectivity index (χ0v) is 21.1. The number of hydrogen-bond donors (Lipinski definition) is 0. The number of ether oxygens (including phenoxy) is 2. The normalized spacial score (nSPS) is 18.7. The summed E-state index contributed by atoms with van der Waals surface area (Å²) in [6.07, 6.45) is 1.95. The maximum Gasteiger partial charge on any atom is 0.151 e. The fourth-order valence-corrected chi connectivity index (χ4v) is 5.42. The number of anilines is 1. The van der Waals surface area contributed by atoms with Gasteiger partial charge in [0, 0.05) is 63.7 Å². The van der Waals surface area contributed by atoms with Crippen LogP contribution < -0.4 is 9.64 Å². The monoisotopic (exact) mass is 491 g/mol. The van der Waals surface area contributed by atoms with E-state index in [1.54, 1.807) is 6.07 Å². The van der Waals surface area contributed by atoms with Crippen molar-refractivity contribution in [2.24, 2.45) is 0 Å². The molecule has 2 saturated heterocycles. The van der Waals surface area contributed by atoms with Crippen molar-refractivity contribution in [3.05, 3.63) is 59.9 Å². The van der Waals surface area contributed by atoms with Crippen LogP contribution >= 0.6 is 0 Å². The number of nitrogens with zero attached hydrogens (tertiary/aromatic N) is 5. The lowest BCUT2D eigenvalue weighted by atomic mass is 10.0. The summed E-state index contributed by atoms with van der Waals surface area (Å²) >= 11 is 0. The molecule has 3 aliphatic rings. The highest BCUT2D eigenvalue weighted by Crippen LogP contribution is 2.37. The van der Waals surface area contributed by atoms with Crippen molar-refractivity contribution in [1.82, 2.24) is 19.4 Å². The smallest absolute Gasteiger partial charge is 0.151 e. The van der Waals surface area contributed by atoms with E-state index in [0.29, 0.717) is 24.1 Å². The van der Waals surface area contributed by atoms with Crippen LogP contribution in [0.1, 0.15) is 25.4 Å². The standard InChI is InChI=1S/C28H34FN5O2/c1-20(2)32-7-9-33(10-8-32)24-5-3-21(4-6-24)22-15-25(29)28-26(16-22)36-19-27-30-23(18-34(27)28)17-31-11-13-35-14-12-31/h3-6,15-16,18,20H,7-14,17,19H2,1-2H3. The number of rotatable bonds is 5. The van der Waals surface area contributed by atoms with Gasteiger partial charge in [0.2, 0.25) is 0 Å². The molecule has 0 spiro atoms. The minimum absolute atomic E-state index is 0.298. The SMILES string of the molecule is CC(C)N1CCN(c2ccc(-c3cc(F)c4c(c3)OCc3nc(CN5CCOCC5)cn3-4)cc2)CC1. The van der Waals surface area contributed by atoms with Crippen LogP contribution in [0.5, 0.6) is 5.75 Å². The molecule has 36 heavy (non-hydrogen) atoms. The Kier molecular flexibility index (Phi) is 6.41. The quantitative estimate of drug-likeness (QED) is 0.539. The van der Waals surface area contributed by atoms with E-state index >= 15 is 4.39 Å². The molecule has 6 rings (SSSR count). The van der Waals surface area contributed by atoms with Gasteiger partial charge in [0.15, 0.2) is 11.6 Å². The molecule has 0 aliphatic carbocycles. The molecule has 2 aromatic carbocycles. The first-order chi connectivity index (χ1) is 17.5. The van der Waals surface area contributed by atoms with Gasteiger partial charge in [-0.2, -0.15) is 0 Å². The first-order valence-corrected chi connectivity index (χ1v) is 13.0. The van der Waals surface area contributed by atoms with Gasteiger partial charge in [-0.05, 0) is 49.2 Å². The number of halogens is 1. The number of hydrogen-bond acceptors (Lipinski definition) is 6. The van der Waals surface area contributed by atoms with Gasteiger partial charge in [0.05, 0.1) is 18.9 Å². The molecule has 0 N–H and O–H groups in total. The molecule has 0 saturated carbocycles. The predicted octanol–water partition coefficient (Wildman–Crippen LogP) is 3.93. The fraction of sp³-hybridized carbons (Fsp3) is 0.464. The van der Waals surface area contributed by atoms with Crippen molar-refractivity contribution in [1.29, 1.82) is 0 Å². The molecular weight excluding hydrogens is 457 g/mol. The maximum absolute atomic E-state index is 15.5. The Morgan fingerprint density at radius 1 is 0.944 bits per heavy atom. The lowest BCUT2D eigenvalue weighted by Crippen LogP contribution is -2.48. The summed E-state index contributed by atoms with van der Waals surface area (Å²) in [7, 11) is 0. The molecule has 4 heterocycles. The van der Waals surface area contributed by atoms with Crippen LogP contribution in [0.4, 0.5) is 10.1 Å². The highest BCUT2D eigenvalue weighted by Gasteiger charge is 2.25. The van der Waals surface area contributed by atoms with E-state index in [9.17, 15) is 0 Å². The second kappa shape index (κ2) is 9.84. The van der Waals surface area contributed by atoms with E-state index in [0.717, 1.165) is 81.7 Å². The highest BCUT2D eigenvalue weighted by atomic mass is 19.1. The summed E-state index contributed by atoms with van der Waals surface area (Å²) in [4.78, 5) is 12.0. The van der Waals surface area contributed by atoms with Crippen LogP contribution in [0.2, 0.25) is 0 Å². The van der Waals surface area contributed by atoms with E-state index < -0.39 is 0 Å². The summed E-state index contributed by atoms with van der Waals surface area (Å²) in [5.41, 5.74) is 4.39. The number of imidazole rings is 1. The molecule has 0 amide bonds. The third-order valence-corrected chi connectivity index (χ3v) is 7.55. The fourth-order valence-electron chi connectivity index (χ4n) is 5.42. The topological polar surface area (TPSA) is 46.0 Å². The number of fused-ring (bicyclic) bond motifs is 3. The van der Waals surface area contributed by atoms with Crippen molar-refractivity contribution in [2.45, 2.75) is 33.0 Å². The molecule has 0 bridgehead atoms. The lowest BCUT2D eigenvalue weighted by molar-refractivity contribution is 0.0337. The van der Waals surface area contributed by atoms with Crippen LogP contribution in [-0.2, 0) is 17.9 Å². The van der Waals surface area contributed by atoms with Gasteiger partial charge in [-0.1, -0.05) is 12.1 Å². The summed E-state index contributed by atoms with van der Waals surface area (Å²) in [5, 5.41) is 0. The van der Waals surface area contributed by atoms with E-state index in [1.165, 1.54) is 5.69 Å². The van der Waals surface area contributed by atoms with Gasteiger partial charge < -0.3 is 14.4 Å². The van der Waals surface area contributed by atoms with Crippen molar-refractivity contribution in [3.63, 3.8) is 0 Å². The van der Waals surface area contributed by atoms with Gasteiger partial charge in [0.25, 0.3) is 0 Å². The van der Waals surface area contributed by atoms with E-state index in [-0.39, 0.29) is 5.82 Å². The van der Waals surface area contributed by atoms with E-state index in [2.05, 4.69) is 52.8 Å². The zero-order valence-electron chi connectivity index (χ0n) is 21.1. The largest absolute Gasteiger partial charge is 0.483 e. The molecule has 0 radical (unpaired) electrons. The van der Waals surface area contributed by atoms with Crippen molar-refractivity contribution < 1.29 is 13.9 Å². The Balaban J connectivity index is 1.20. The molecule has 0 unspecified atom stereocenters. The maximum atomic E-state index is 15.5. The summed E-state index contributed by atoms with van der Waals surface area (Å²) in [6, 6.07) is 12.6. The Hall–Kier alpha value is -2.94. The number of morpholine rings is 1. The highest BCUT2D eigenvalue weighted by molar-refractivity contribution is 5.71. The van der Waals surface area contributed by atoms with E-state index in [4.69, 9.17) is 14.5 Å². The molecular formula is C28H34FN5O2. The van der Waals surface area contributed by atoms with Crippen molar-refractivity contribution >= 4 is 5.69 Å². The van der Waals surface area contributed by atoms with Crippen LogP contribution in [0, 0.1) is 5.82 Å². The summed E-state index contributed by atoms with van der Waals surface area (Å²) in [5.74, 6) is 0.994. The molecule has 3 aliphatic heterocycles. The molecule has 2 fully saturated rings. The molecule has 1 aromatic heterocycles. The minimum Gasteiger partial charge on any atom is -0.483 e. The Bertz CT molecular complexity index is 1210. The van der Waals surface area contributed by atoms with Gasteiger partial charge in [-0.25, -0.2) is 9.37 Å². The second-order valence-electron chi connectivity index (χ2n) is 10.2. The Morgan fingerprint density at radius 2 is 1.69 bits per heavy atom. The van der Waals surface area contributed by atoms with Crippen LogP contribution in [0.3, 0.4) is 0 Å². The Labute approximate surface area is 212 Å². The van der Waals surface area contributed by atoms with E-state index in [1.807, 2.05) is 16.8 Å². The van der Waals surface area contributed by atoms with Crippen LogP contribution in [0.25, 0.3) is 16.8 Å². The first-order valence-electron chi connectivity index (χ1n) is 13.0. The summed E-state index contributed by atoms with van der Waals surface area (Å²) in [6.45, 7) is 13.1. The molecule has 7 nitrogen and oxygen atoms in total. The summed E-state index contributed by atoms with van der Waals surface area (Å²) < 4.78 is 28.7. The van der Waals surface area contributed by atoms with Crippen LogP contribution in [0.15, 0.2) is 42.6 Å². The second-order valence-corrected chi connectivity index (χ2v) is 10.2. The van der Waals surface area contributed by atoms with Gasteiger partial charge in [0.1, 0.15) is 18.0 Å². The number of aromatic nitrogens is 2. The average molecular weight is 492 g/mol. The molecule has 190 valence electrons. The number of piperazine rings is 1. The first kappa shape index (κ1) is 23.5. The van der Waals surface area contributed by atoms with Crippen molar-refractivity contribution in [2.75, 3.05) is 57.4 Å². The Morgan fingerprint density at radius 3 is 2.42 bits per heavy atom. The average Bonchev–Trinajstić information content (AvgIpc) is 3.31.